The van der Waals surface area contributed by atoms with E-state index in [0.29, 0.717) is 17.2 Å². The number of rotatable bonds is 4. The highest BCUT2D eigenvalue weighted by molar-refractivity contribution is 5.97. The molecule has 1 N–H and O–H groups in total. The number of nitrogens with one attached hydrogen (secondary N) is 1. The summed E-state index contributed by atoms with van der Waals surface area (Å²) in [5.41, 5.74) is 0.712. The predicted molar refractivity (Wildman–Crippen MR) is 82.3 cm³/mol. The van der Waals surface area contributed by atoms with Crippen LogP contribution in [-0.4, -0.2) is 24.5 Å². The van der Waals surface area contributed by atoms with Gasteiger partial charge in [0, 0.05) is 6.04 Å². The van der Waals surface area contributed by atoms with Crippen LogP contribution in [0.5, 0.6) is 5.75 Å². The number of amides is 2. The number of benzene rings is 1. The maximum atomic E-state index is 12.1. The van der Waals surface area contributed by atoms with Gasteiger partial charge in [-0.3, -0.25) is 14.5 Å². The van der Waals surface area contributed by atoms with E-state index in [2.05, 4.69) is 5.32 Å². The van der Waals surface area contributed by atoms with Crippen LogP contribution in [0.1, 0.15) is 29.2 Å². The summed E-state index contributed by atoms with van der Waals surface area (Å²) in [6, 6.07) is 11.0. The first-order chi connectivity index (χ1) is 11.2. The molecule has 4 rings (SSSR count). The average Bonchev–Trinajstić information content (AvgIpc) is 3.24. The van der Waals surface area contributed by atoms with E-state index in [1.54, 1.807) is 17.0 Å². The van der Waals surface area contributed by atoms with Gasteiger partial charge in [-0.25, -0.2) is 0 Å². The van der Waals surface area contributed by atoms with Gasteiger partial charge < -0.3 is 14.5 Å². The summed E-state index contributed by atoms with van der Waals surface area (Å²) >= 11 is 0. The summed E-state index contributed by atoms with van der Waals surface area (Å²) in [5, 5.41) is 2.88. The average molecular weight is 312 g/mol. The number of hydrogen-bond donors (Lipinski definition) is 1. The van der Waals surface area contributed by atoms with Crippen molar-refractivity contribution in [3.05, 3.63) is 47.9 Å². The van der Waals surface area contributed by atoms with Gasteiger partial charge in [0.1, 0.15) is 11.5 Å². The minimum atomic E-state index is -0.201. The van der Waals surface area contributed by atoms with Crippen LogP contribution in [0, 0.1) is 0 Å². The normalized spacial score (nSPS) is 16.7. The highest BCUT2D eigenvalue weighted by atomic mass is 16.5. The fourth-order valence-electron chi connectivity index (χ4n) is 2.55. The molecule has 1 aromatic carbocycles. The minimum Gasteiger partial charge on any atom is -0.482 e. The van der Waals surface area contributed by atoms with E-state index in [1.807, 2.05) is 24.3 Å². The molecule has 2 aliphatic rings. The van der Waals surface area contributed by atoms with Gasteiger partial charge >= 0.3 is 0 Å². The van der Waals surface area contributed by atoms with Crippen molar-refractivity contribution in [3.63, 3.8) is 0 Å². The number of furan rings is 1. The van der Waals surface area contributed by atoms with Crippen molar-refractivity contribution in [1.82, 2.24) is 5.32 Å². The van der Waals surface area contributed by atoms with Crippen LogP contribution in [0.4, 0.5) is 5.69 Å². The third-order valence-electron chi connectivity index (χ3n) is 3.92. The molecule has 1 fully saturated rings. The zero-order valence-electron chi connectivity index (χ0n) is 12.5. The van der Waals surface area contributed by atoms with E-state index in [1.165, 1.54) is 0 Å². The SMILES string of the molecule is O=C(NC1CC1)c1ccc(CN2C(=O)COc3ccccc32)o1. The lowest BCUT2D eigenvalue weighted by Crippen LogP contribution is -2.38. The number of nitrogens with zero attached hydrogens (tertiary/aromatic N) is 1. The zero-order valence-corrected chi connectivity index (χ0v) is 12.5. The van der Waals surface area contributed by atoms with Gasteiger partial charge in [-0.15, -0.1) is 0 Å². The van der Waals surface area contributed by atoms with Gasteiger partial charge in [0.15, 0.2) is 12.4 Å². The molecule has 0 atom stereocenters. The topological polar surface area (TPSA) is 71.8 Å². The van der Waals surface area contributed by atoms with Crippen molar-refractivity contribution < 1.29 is 18.7 Å². The molecule has 2 aromatic rings. The monoisotopic (exact) mass is 312 g/mol. The maximum absolute atomic E-state index is 12.1. The number of ether oxygens (including phenoxy) is 1. The Morgan fingerprint density at radius 2 is 2.04 bits per heavy atom. The smallest absolute Gasteiger partial charge is 0.287 e. The fourth-order valence-corrected chi connectivity index (χ4v) is 2.55. The van der Waals surface area contributed by atoms with Gasteiger partial charge in [-0.1, -0.05) is 12.1 Å². The molecule has 2 amide bonds. The molecular formula is C17H16N2O4. The Kier molecular flexibility index (Phi) is 3.29. The van der Waals surface area contributed by atoms with E-state index < -0.39 is 0 Å². The third-order valence-corrected chi connectivity index (χ3v) is 3.92. The molecule has 0 spiro atoms. The lowest BCUT2D eigenvalue weighted by atomic mass is 10.2. The number of carbonyl (C=O) groups is 2. The minimum absolute atomic E-state index is 0.00669. The van der Waals surface area contributed by atoms with Gasteiger partial charge in [0.2, 0.25) is 0 Å². The van der Waals surface area contributed by atoms with Crippen molar-refractivity contribution in [3.8, 4) is 5.75 Å². The maximum Gasteiger partial charge on any atom is 0.287 e. The molecule has 2 heterocycles. The molecule has 1 aliphatic heterocycles. The molecule has 0 saturated heterocycles. The van der Waals surface area contributed by atoms with Crippen LogP contribution in [0.2, 0.25) is 0 Å². The van der Waals surface area contributed by atoms with Crippen LogP contribution in [0.3, 0.4) is 0 Å². The quantitative estimate of drug-likeness (QED) is 0.938. The lowest BCUT2D eigenvalue weighted by Gasteiger charge is -2.28. The molecule has 1 saturated carbocycles. The number of carbonyl (C=O) groups excluding carboxylic acids is 2. The van der Waals surface area contributed by atoms with E-state index in [-0.39, 0.29) is 36.8 Å². The van der Waals surface area contributed by atoms with Gasteiger partial charge in [0.05, 0.1) is 12.2 Å². The van der Waals surface area contributed by atoms with E-state index in [0.717, 1.165) is 12.8 Å². The Hall–Kier alpha value is -2.76. The molecule has 1 aliphatic carbocycles. The summed E-state index contributed by atoms with van der Waals surface area (Å²) in [5.74, 6) is 1.18. The van der Waals surface area contributed by atoms with Crippen LogP contribution in [0.25, 0.3) is 0 Å². The summed E-state index contributed by atoms with van der Waals surface area (Å²) < 4.78 is 11.0. The van der Waals surface area contributed by atoms with Crippen LogP contribution < -0.4 is 15.0 Å². The van der Waals surface area contributed by atoms with Crippen molar-refractivity contribution in [2.24, 2.45) is 0 Å². The Morgan fingerprint density at radius 3 is 2.87 bits per heavy atom. The van der Waals surface area contributed by atoms with Crippen molar-refractivity contribution in [2.45, 2.75) is 25.4 Å². The van der Waals surface area contributed by atoms with Crippen LogP contribution >= 0.6 is 0 Å². The van der Waals surface area contributed by atoms with E-state index in [4.69, 9.17) is 9.15 Å². The number of fused-ring (bicyclic) bond motifs is 1. The Bertz CT molecular complexity index is 763. The molecule has 0 radical (unpaired) electrons. The van der Waals surface area contributed by atoms with Gasteiger partial charge in [-0.05, 0) is 37.1 Å². The Morgan fingerprint density at radius 1 is 1.22 bits per heavy atom. The second-order valence-electron chi connectivity index (χ2n) is 5.75. The van der Waals surface area contributed by atoms with Crippen molar-refractivity contribution in [1.29, 1.82) is 0 Å². The van der Waals surface area contributed by atoms with E-state index >= 15 is 0 Å². The van der Waals surface area contributed by atoms with E-state index in [9.17, 15) is 9.59 Å². The summed E-state index contributed by atoms with van der Waals surface area (Å²) in [7, 11) is 0. The fraction of sp³-hybridized carbons (Fsp3) is 0.294. The van der Waals surface area contributed by atoms with Gasteiger partial charge in [-0.2, -0.15) is 0 Å². The first-order valence-corrected chi connectivity index (χ1v) is 7.62. The number of hydrogen-bond acceptors (Lipinski definition) is 4. The standard InChI is InChI=1S/C17H16N2O4/c20-16-10-22-14-4-2-1-3-13(14)19(16)9-12-7-8-15(23-12)17(21)18-11-5-6-11/h1-4,7-8,11H,5-6,9-10H2,(H,18,21). The molecule has 23 heavy (non-hydrogen) atoms. The Balaban J connectivity index is 1.52. The first kappa shape index (κ1) is 13.9. The highest BCUT2D eigenvalue weighted by Gasteiger charge is 2.27. The predicted octanol–water partition coefficient (Wildman–Crippen LogP) is 2.10. The van der Waals surface area contributed by atoms with Crippen molar-refractivity contribution in [2.75, 3.05) is 11.5 Å². The van der Waals surface area contributed by atoms with Crippen LogP contribution in [-0.2, 0) is 11.3 Å². The van der Waals surface area contributed by atoms with Gasteiger partial charge in [0.25, 0.3) is 11.8 Å². The third kappa shape index (κ3) is 2.79. The second-order valence-corrected chi connectivity index (χ2v) is 5.75. The molecule has 1 aromatic heterocycles. The number of anilines is 1. The summed E-state index contributed by atoms with van der Waals surface area (Å²) in [4.78, 5) is 25.7. The molecule has 6 heteroatoms. The highest BCUT2D eigenvalue weighted by Crippen LogP contribution is 2.32. The largest absolute Gasteiger partial charge is 0.482 e. The Labute approximate surface area is 133 Å². The summed E-state index contributed by atoms with van der Waals surface area (Å²) in [6.45, 7) is 0.280. The molecular weight excluding hydrogens is 296 g/mol. The summed E-state index contributed by atoms with van der Waals surface area (Å²) in [6.07, 6.45) is 2.05. The second kappa shape index (κ2) is 5.46. The molecule has 118 valence electrons. The lowest BCUT2D eigenvalue weighted by molar-refractivity contribution is -0.121. The molecule has 0 bridgehead atoms. The molecule has 0 unspecified atom stereocenters. The zero-order chi connectivity index (χ0) is 15.8. The first-order valence-electron chi connectivity index (χ1n) is 7.62. The van der Waals surface area contributed by atoms with Crippen LogP contribution in [0.15, 0.2) is 40.8 Å². The molecule has 6 nitrogen and oxygen atoms in total. The number of para-hydroxylation sites is 2. The van der Waals surface area contributed by atoms with Crippen molar-refractivity contribution >= 4 is 17.5 Å².